The van der Waals surface area contributed by atoms with E-state index < -0.39 is 0 Å². The number of rotatable bonds is 2. The molecule has 1 aromatic rings. The van der Waals surface area contributed by atoms with Crippen molar-refractivity contribution in [2.75, 3.05) is 19.6 Å². The second-order valence-electron chi connectivity index (χ2n) is 7.57. The molecule has 0 spiro atoms. The molecule has 0 aromatic carbocycles. The topological polar surface area (TPSA) is 108 Å². The molecule has 3 amide bonds. The fourth-order valence-corrected chi connectivity index (χ4v) is 3.99. The summed E-state index contributed by atoms with van der Waals surface area (Å²) in [6.45, 7) is 4.09. The Kier molecular flexibility index (Phi) is 5.06. The van der Waals surface area contributed by atoms with Gasteiger partial charge in [-0.25, -0.2) is 15.4 Å². The van der Waals surface area contributed by atoms with Gasteiger partial charge in [0, 0.05) is 70.0 Å². The molecule has 1 aromatic heterocycles. The predicted molar refractivity (Wildman–Crippen MR) is 100 cm³/mol. The molecule has 3 aliphatic rings. The number of carbonyl (C=O) groups excluding carboxylic acids is 3. The number of amides is 3. The minimum atomic E-state index is -0.160. The van der Waals surface area contributed by atoms with Crippen LogP contribution in [0.1, 0.15) is 55.6 Å². The van der Waals surface area contributed by atoms with E-state index in [2.05, 4.69) is 15.5 Å². The second kappa shape index (κ2) is 7.65. The van der Waals surface area contributed by atoms with Crippen LogP contribution in [0.4, 0.5) is 0 Å². The van der Waals surface area contributed by atoms with Crippen molar-refractivity contribution in [3.8, 4) is 0 Å². The molecule has 1 N–H and O–H groups in total. The molecule has 0 aliphatic carbocycles. The van der Waals surface area contributed by atoms with E-state index in [4.69, 9.17) is 4.98 Å². The number of likely N-dealkylation sites (tertiary alicyclic amines) is 1. The lowest BCUT2D eigenvalue weighted by molar-refractivity contribution is -0.130. The number of hydrogen-bond acceptors (Lipinski definition) is 6. The summed E-state index contributed by atoms with van der Waals surface area (Å²) in [6, 6.07) is 0. The molecule has 9 heteroatoms. The molecule has 0 bridgehead atoms. The van der Waals surface area contributed by atoms with E-state index in [1.54, 1.807) is 11.8 Å². The summed E-state index contributed by atoms with van der Waals surface area (Å²) in [5.74, 6) is 0.761. The first kappa shape index (κ1) is 18.5. The first-order valence-electron chi connectivity index (χ1n) is 9.76. The molecule has 148 valence electrons. The first-order valence-corrected chi connectivity index (χ1v) is 9.76. The Morgan fingerprint density at radius 3 is 2.79 bits per heavy atom. The van der Waals surface area contributed by atoms with Crippen LogP contribution >= 0.6 is 0 Å². The van der Waals surface area contributed by atoms with Crippen molar-refractivity contribution >= 4 is 23.4 Å². The maximum atomic E-state index is 12.6. The zero-order chi connectivity index (χ0) is 19.7. The maximum absolute atomic E-state index is 12.6. The van der Waals surface area contributed by atoms with E-state index in [1.165, 1.54) is 0 Å². The standard InChI is InChI=1S/C19H24N6O3/c1-12(26)24-7-2-3-13(10-24)18-20-9-14-11-25(8-6-15(14)21-18)19(28)16-4-5-17(27)23-22-16/h9,13H,2-8,10-11H2,1H3,(H,23,27)/t13-/m0/s1. The van der Waals surface area contributed by atoms with Crippen LogP contribution in [0.3, 0.4) is 0 Å². The van der Waals surface area contributed by atoms with Gasteiger partial charge in [0.15, 0.2) is 0 Å². The molecular weight excluding hydrogens is 360 g/mol. The lowest BCUT2D eigenvalue weighted by Gasteiger charge is -2.32. The summed E-state index contributed by atoms with van der Waals surface area (Å²) < 4.78 is 0. The van der Waals surface area contributed by atoms with E-state index in [0.29, 0.717) is 44.6 Å². The van der Waals surface area contributed by atoms with Crippen LogP contribution in [0, 0.1) is 0 Å². The molecule has 4 rings (SSSR count). The number of nitrogens with zero attached hydrogens (tertiary/aromatic N) is 5. The highest BCUT2D eigenvalue weighted by atomic mass is 16.2. The van der Waals surface area contributed by atoms with Crippen LogP contribution in [0.25, 0.3) is 0 Å². The van der Waals surface area contributed by atoms with Gasteiger partial charge in [0.1, 0.15) is 11.5 Å². The highest BCUT2D eigenvalue weighted by Crippen LogP contribution is 2.26. The first-order chi connectivity index (χ1) is 13.5. The molecule has 1 atom stereocenters. The minimum absolute atomic E-state index is 0.0960. The number of hydrogen-bond donors (Lipinski definition) is 1. The summed E-state index contributed by atoms with van der Waals surface area (Å²) >= 11 is 0. The molecule has 0 unspecified atom stereocenters. The molecule has 28 heavy (non-hydrogen) atoms. The quantitative estimate of drug-likeness (QED) is 0.792. The van der Waals surface area contributed by atoms with Crippen molar-refractivity contribution in [2.24, 2.45) is 5.10 Å². The van der Waals surface area contributed by atoms with Gasteiger partial charge in [-0.1, -0.05) is 0 Å². The Labute approximate surface area is 163 Å². The van der Waals surface area contributed by atoms with Crippen molar-refractivity contribution in [2.45, 2.75) is 51.5 Å². The summed E-state index contributed by atoms with van der Waals surface area (Å²) in [7, 11) is 0. The lowest BCUT2D eigenvalue weighted by Crippen LogP contribution is -2.43. The summed E-state index contributed by atoms with van der Waals surface area (Å²) in [4.78, 5) is 48.5. The Balaban J connectivity index is 1.45. The predicted octanol–water partition coefficient (Wildman–Crippen LogP) is 0.353. The zero-order valence-corrected chi connectivity index (χ0v) is 16.0. The van der Waals surface area contributed by atoms with Crippen LogP contribution in [0.5, 0.6) is 0 Å². The molecule has 4 heterocycles. The number of fused-ring (bicyclic) bond motifs is 1. The molecule has 1 saturated heterocycles. The lowest BCUT2D eigenvalue weighted by atomic mass is 9.96. The van der Waals surface area contributed by atoms with Crippen molar-refractivity contribution in [1.82, 2.24) is 25.2 Å². The van der Waals surface area contributed by atoms with Gasteiger partial charge in [-0.15, -0.1) is 0 Å². The molecule has 1 fully saturated rings. The Bertz CT molecular complexity index is 852. The number of carbonyl (C=O) groups is 3. The van der Waals surface area contributed by atoms with Crippen molar-refractivity contribution in [1.29, 1.82) is 0 Å². The van der Waals surface area contributed by atoms with Gasteiger partial charge in [0.2, 0.25) is 11.8 Å². The van der Waals surface area contributed by atoms with Crippen LogP contribution in [-0.2, 0) is 27.3 Å². The van der Waals surface area contributed by atoms with Gasteiger partial charge in [0.25, 0.3) is 5.91 Å². The number of piperidine rings is 1. The molecule has 0 saturated carbocycles. The summed E-state index contributed by atoms with van der Waals surface area (Å²) in [5, 5.41) is 3.90. The van der Waals surface area contributed by atoms with Crippen LogP contribution in [-0.4, -0.2) is 62.8 Å². The van der Waals surface area contributed by atoms with Gasteiger partial charge in [0.05, 0.1) is 5.69 Å². The Morgan fingerprint density at radius 1 is 1.18 bits per heavy atom. The fourth-order valence-electron chi connectivity index (χ4n) is 3.99. The second-order valence-corrected chi connectivity index (χ2v) is 7.57. The number of aromatic nitrogens is 2. The Hall–Kier alpha value is -2.84. The highest BCUT2D eigenvalue weighted by molar-refractivity contribution is 6.39. The molecular formula is C19H24N6O3. The average molecular weight is 384 g/mol. The zero-order valence-electron chi connectivity index (χ0n) is 16.0. The van der Waals surface area contributed by atoms with Crippen molar-refractivity contribution in [3.05, 3.63) is 23.3 Å². The maximum Gasteiger partial charge on any atom is 0.270 e. The fraction of sp³-hybridized carbons (Fsp3) is 0.579. The van der Waals surface area contributed by atoms with E-state index in [-0.39, 0.29) is 23.6 Å². The number of hydrazone groups is 1. The van der Waals surface area contributed by atoms with Gasteiger partial charge in [-0.2, -0.15) is 5.10 Å². The van der Waals surface area contributed by atoms with E-state index in [0.717, 1.165) is 36.5 Å². The molecule has 3 aliphatic heterocycles. The van der Waals surface area contributed by atoms with Crippen LogP contribution in [0.15, 0.2) is 11.3 Å². The van der Waals surface area contributed by atoms with Gasteiger partial charge < -0.3 is 9.80 Å². The Morgan fingerprint density at radius 2 is 2.04 bits per heavy atom. The summed E-state index contributed by atoms with van der Waals surface area (Å²) in [5.41, 5.74) is 4.70. The third-order valence-corrected chi connectivity index (χ3v) is 5.62. The van der Waals surface area contributed by atoms with Crippen molar-refractivity contribution < 1.29 is 14.4 Å². The SMILES string of the molecule is CC(=O)N1CCC[C@H](c2ncc3c(n2)CCN(C(=O)C2=NNC(=O)CC2)C3)C1. The normalized spacial score (nSPS) is 22.2. The smallest absolute Gasteiger partial charge is 0.270 e. The summed E-state index contributed by atoms with van der Waals surface area (Å²) in [6.07, 6.45) is 5.09. The monoisotopic (exact) mass is 384 g/mol. The van der Waals surface area contributed by atoms with E-state index in [9.17, 15) is 14.4 Å². The van der Waals surface area contributed by atoms with Gasteiger partial charge in [-0.3, -0.25) is 14.4 Å². The molecule has 0 radical (unpaired) electrons. The molecule has 9 nitrogen and oxygen atoms in total. The van der Waals surface area contributed by atoms with Crippen LogP contribution in [0.2, 0.25) is 0 Å². The van der Waals surface area contributed by atoms with E-state index in [1.807, 2.05) is 11.1 Å². The third-order valence-electron chi connectivity index (χ3n) is 5.62. The van der Waals surface area contributed by atoms with Crippen molar-refractivity contribution in [3.63, 3.8) is 0 Å². The van der Waals surface area contributed by atoms with E-state index >= 15 is 0 Å². The highest BCUT2D eigenvalue weighted by Gasteiger charge is 2.29. The average Bonchev–Trinajstić information content (AvgIpc) is 2.73. The third kappa shape index (κ3) is 3.74. The van der Waals surface area contributed by atoms with Gasteiger partial charge in [-0.05, 0) is 12.8 Å². The van der Waals surface area contributed by atoms with Crippen LogP contribution < -0.4 is 5.43 Å². The largest absolute Gasteiger partial charge is 0.342 e. The number of nitrogens with one attached hydrogen (secondary N) is 1. The minimum Gasteiger partial charge on any atom is -0.342 e. The van der Waals surface area contributed by atoms with Gasteiger partial charge >= 0.3 is 0 Å².